The van der Waals surface area contributed by atoms with Crippen molar-refractivity contribution in [2.75, 3.05) is 26.1 Å². The van der Waals surface area contributed by atoms with Crippen molar-refractivity contribution in [1.82, 2.24) is 15.1 Å². The van der Waals surface area contributed by atoms with E-state index in [1.165, 1.54) is 11.3 Å². The third-order valence-corrected chi connectivity index (χ3v) is 3.94. The Morgan fingerprint density at radius 1 is 1.37 bits per heavy atom. The summed E-state index contributed by atoms with van der Waals surface area (Å²) in [6, 6.07) is 0. The van der Waals surface area contributed by atoms with Crippen LogP contribution in [-0.4, -0.2) is 35.4 Å². The molecule has 3 heterocycles. The van der Waals surface area contributed by atoms with E-state index in [4.69, 9.17) is 19.7 Å². The number of anilines is 1. The molecule has 2 N–H and O–H groups in total. The van der Waals surface area contributed by atoms with Crippen molar-refractivity contribution in [1.29, 1.82) is 0 Å². The minimum Gasteiger partial charge on any atom is -0.381 e. The van der Waals surface area contributed by atoms with Crippen LogP contribution in [0, 0.1) is 0 Å². The SMILES string of the molecule is COC1(c2noc(-c3csc(N)n3)n2)CCOCC1. The zero-order chi connectivity index (χ0) is 13.3. The molecule has 0 aromatic carbocycles. The Morgan fingerprint density at radius 3 is 2.79 bits per heavy atom. The molecule has 0 atom stereocenters. The molecule has 7 nitrogen and oxygen atoms in total. The summed E-state index contributed by atoms with van der Waals surface area (Å²) in [6.45, 7) is 1.25. The first-order valence-corrected chi connectivity index (χ1v) is 6.80. The predicted molar refractivity (Wildman–Crippen MR) is 68.6 cm³/mol. The number of methoxy groups -OCH3 is 1. The van der Waals surface area contributed by atoms with Crippen LogP contribution in [0.1, 0.15) is 18.7 Å². The van der Waals surface area contributed by atoms with Gasteiger partial charge in [0.1, 0.15) is 11.3 Å². The third kappa shape index (κ3) is 2.22. The molecule has 1 aliphatic heterocycles. The second-order valence-corrected chi connectivity index (χ2v) is 5.19. The second-order valence-electron chi connectivity index (χ2n) is 4.30. The molecule has 0 unspecified atom stereocenters. The van der Waals surface area contributed by atoms with Crippen molar-refractivity contribution in [2.45, 2.75) is 18.4 Å². The molecule has 1 saturated heterocycles. The van der Waals surface area contributed by atoms with Gasteiger partial charge in [-0.3, -0.25) is 0 Å². The van der Waals surface area contributed by atoms with E-state index in [0.717, 1.165) is 0 Å². The van der Waals surface area contributed by atoms with Gasteiger partial charge in [-0.1, -0.05) is 5.16 Å². The molecule has 2 aromatic rings. The number of hydrogen-bond donors (Lipinski definition) is 1. The van der Waals surface area contributed by atoms with E-state index in [1.807, 2.05) is 0 Å². The Morgan fingerprint density at radius 2 is 2.16 bits per heavy atom. The first-order chi connectivity index (χ1) is 9.23. The lowest BCUT2D eigenvalue weighted by Crippen LogP contribution is -2.36. The zero-order valence-corrected chi connectivity index (χ0v) is 11.3. The van der Waals surface area contributed by atoms with Crippen molar-refractivity contribution in [3.8, 4) is 11.6 Å². The molecule has 0 saturated carbocycles. The van der Waals surface area contributed by atoms with Gasteiger partial charge in [0.05, 0.1) is 0 Å². The summed E-state index contributed by atoms with van der Waals surface area (Å²) in [5, 5.41) is 6.29. The summed E-state index contributed by atoms with van der Waals surface area (Å²) < 4.78 is 16.2. The summed E-state index contributed by atoms with van der Waals surface area (Å²) >= 11 is 1.34. The molecule has 8 heteroatoms. The van der Waals surface area contributed by atoms with Crippen LogP contribution in [0.15, 0.2) is 9.90 Å². The number of thiazole rings is 1. The summed E-state index contributed by atoms with van der Waals surface area (Å²) in [4.78, 5) is 8.51. The number of rotatable bonds is 3. The van der Waals surface area contributed by atoms with Crippen LogP contribution < -0.4 is 5.73 Å². The van der Waals surface area contributed by atoms with E-state index in [-0.39, 0.29) is 0 Å². The molecular weight excluding hydrogens is 268 g/mol. The van der Waals surface area contributed by atoms with Crippen LogP contribution >= 0.6 is 11.3 Å². The highest BCUT2D eigenvalue weighted by molar-refractivity contribution is 7.13. The lowest BCUT2D eigenvalue weighted by atomic mass is 9.93. The molecule has 2 aromatic heterocycles. The molecule has 0 radical (unpaired) electrons. The average molecular weight is 282 g/mol. The monoisotopic (exact) mass is 282 g/mol. The van der Waals surface area contributed by atoms with Gasteiger partial charge in [0.2, 0.25) is 5.82 Å². The number of nitrogens with two attached hydrogens (primary N) is 1. The van der Waals surface area contributed by atoms with E-state index in [9.17, 15) is 0 Å². The highest BCUT2D eigenvalue weighted by Gasteiger charge is 2.39. The minimum atomic E-state index is -0.526. The van der Waals surface area contributed by atoms with Gasteiger partial charge in [-0.05, 0) is 0 Å². The van der Waals surface area contributed by atoms with Crippen LogP contribution in [0.25, 0.3) is 11.6 Å². The van der Waals surface area contributed by atoms with Crippen molar-refractivity contribution >= 4 is 16.5 Å². The molecule has 3 rings (SSSR count). The Labute approximate surface area is 113 Å². The molecule has 1 fully saturated rings. The van der Waals surface area contributed by atoms with Crippen LogP contribution in [0.2, 0.25) is 0 Å². The van der Waals surface area contributed by atoms with Gasteiger partial charge >= 0.3 is 0 Å². The fourth-order valence-corrected chi connectivity index (χ4v) is 2.66. The first kappa shape index (κ1) is 12.5. The molecule has 0 amide bonds. The number of nitrogens with zero attached hydrogens (tertiary/aromatic N) is 3. The smallest absolute Gasteiger partial charge is 0.277 e. The van der Waals surface area contributed by atoms with E-state index >= 15 is 0 Å². The molecule has 19 heavy (non-hydrogen) atoms. The maximum Gasteiger partial charge on any atom is 0.277 e. The molecule has 0 spiro atoms. The van der Waals surface area contributed by atoms with Gasteiger partial charge in [0.15, 0.2) is 5.13 Å². The molecule has 0 aliphatic carbocycles. The van der Waals surface area contributed by atoms with E-state index in [0.29, 0.717) is 48.6 Å². The highest BCUT2D eigenvalue weighted by atomic mass is 32.1. The van der Waals surface area contributed by atoms with Crippen molar-refractivity contribution in [3.63, 3.8) is 0 Å². The lowest BCUT2D eigenvalue weighted by molar-refractivity contribution is -0.101. The minimum absolute atomic E-state index is 0.367. The number of hydrogen-bond acceptors (Lipinski definition) is 8. The molecule has 1 aliphatic rings. The quantitative estimate of drug-likeness (QED) is 0.909. The van der Waals surface area contributed by atoms with E-state index in [1.54, 1.807) is 12.5 Å². The largest absolute Gasteiger partial charge is 0.381 e. The number of nitrogen functional groups attached to an aromatic ring is 1. The lowest BCUT2D eigenvalue weighted by Gasteiger charge is -2.32. The Balaban J connectivity index is 1.91. The van der Waals surface area contributed by atoms with Gasteiger partial charge in [-0.15, -0.1) is 11.3 Å². The molecule has 102 valence electrons. The van der Waals surface area contributed by atoms with Gasteiger partial charge in [0.25, 0.3) is 5.89 Å². The summed E-state index contributed by atoms with van der Waals surface area (Å²) in [7, 11) is 1.65. The van der Waals surface area contributed by atoms with Crippen LogP contribution in [0.5, 0.6) is 0 Å². The molecular formula is C11H14N4O3S. The zero-order valence-electron chi connectivity index (χ0n) is 10.5. The normalized spacial score (nSPS) is 18.6. The molecule has 0 bridgehead atoms. The number of ether oxygens (including phenoxy) is 2. The van der Waals surface area contributed by atoms with Crippen LogP contribution in [0.4, 0.5) is 5.13 Å². The van der Waals surface area contributed by atoms with Gasteiger partial charge in [0, 0.05) is 38.5 Å². The first-order valence-electron chi connectivity index (χ1n) is 5.92. The fourth-order valence-electron chi connectivity index (χ4n) is 2.12. The van der Waals surface area contributed by atoms with Gasteiger partial charge < -0.3 is 19.7 Å². The maximum atomic E-state index is 5.61. The Bertz CT molecular complexity index is 562. The van der Waals surface area contributed by atoms with Crippen molar-refractivity contribution in [2.24, 2.45) is 0 Å². The standard InChI is InChI=1S/C11H14N4O3S/c1-16-11(2-4-17-5-3-11)9-14-8(18-15-9)7-6-19-10(12)13-7/h6H,2-5H2,1H3,(H2,12,13). The van der Waals surface area contributed by atoms with E-state index < -0.39 is 5.60 Å². The van der Waals surface area contributed by atoms with Gasteiger partial charge in [-0.2, -0.15) is 4.98 Å². The van der Waals surface area contributed by atoms with Crippen molar-refractivity contribution < 1.29 is 14.0 Å². The highest BCUT2D eigenvalue weighted by Crippen LogP contribution is 2.34. The Hall–Kier alpha value is -1.51. The van der Waals surface area contributed by atoms with Crippen molar-refractivity contribution in [3.05, 3.63) is 11.2 Å². The Kier molecular flexibility index (Phi) is 3.21. The fraction of sp³-hybridized carbons (Fsp3) is 0.545. The van der Waals surface area contributed by atoms with Crippen LogP contribution in [-0.2, 0) is 15.1 Å². The summed E-state index contributed by atoms with van der Waals surface area (Å²) in [5.41, 5.74) is 5.66. The van der Waals surface area contributed by atoms with Crippen LogP contribution in [0.3, 0.4) is 0 Å². The summed E-state index contributed by atoms with van der Waals surface area (Å²) in [5.74, 6) is 0.908. The topological polar surface area (TPSA) is 96.3 Å². The maximum absolute atomic E-state index is 5.61. The third-order valence-electron chi connectivity index (χ3n) is 3.27. The summed E-state index contributed by atoms with van der Waals surface area (Å²) in [6.07, 6.45) is 1.42. The predicted octanol–water partition coefficient (Wildman–Crippen LogP) is 1.43. The average Bonchev–Trinajstić information content (AvgIpc) is 3.08. The number of aromatic nitrogens is 3. The van der Waals surface area contributed by atoms with E-state index in [2.05, 4.69) is 15.1 Å². The second kappa shape index (κ2) is 4.87. The van der Waals surface area contributed by atoms with Gasteiger partial charge in [-0.25, -0.2) is 4.98 Å².